The lowest BCUT2D eigenvalue weighted by Crippen LogP contribution is -2.44. The molecule has 1 aromatic heterocycles. The minimum Gasteiger partial charge on any atom is -0.376 e. The van der Waals surface area contributed by atoms with Gasteiger partial charge in [0.2, 0.25) is 0 Å². The fourth-order valence-electron chi connectivity index (χ4n) is 3.15. The number of carbonyl (C=O) groups is 2. The van der Waals surface area contributed by atoms with Gasteiger partial charge in [-0.05, 0) is 36.4 Å². The molecule has 0 aliphatic heterocycles. The van der Waals surface area contributed by atoms with Crippen LogP contribution in [0.3, 0.4) is 0 Å². The number of hydrogen-bond acceptors (Lipinski definition) is 5. The van der Waals surface area contributed by atoms with E-state index in [1.807, 2.05) is 66.7 Å². The summed E-state index contributed by atoms with van der Waals surface area (Å²) in [6, 6.07) is 27.6. The van der Waals surface area contributed by atoms with Crippen molar-refractivity contribution in [2.24, 2.45) is 0 Å². The number of nitriles is 1. The van der Waals surface area contributed by atoms with Crippen molar-refractivity contribution in [1.82, 2.24) is 20.6 Å². The third kappa shape index (κ3) is 5.24. The number of anilines is 1. The van der Waals surface area contributed by atoms with Crippen molar-refractivity contribution < 1.29 is 9.59 Å². The van der Waals surface area contributed by atoms with Gasteiger partial charge in [0.15, 0.2) is 0 Å². The van der Waals surface area contributed by atoms with E-state index in [0.29, 0.717) is 22.5 Å². The molecule has 0 saturated carbocycles. The fourth-order valence-corrected chi connectivity index (χ4v) is 3.15. The van der Waals surface area contributed by atoms with Crippen molar-refractivity contribution in [3.05, 3.63) is 102 Å². The molecule has 0 aliphatic carbocycles. The van der Waals surface area contributed by atoms with E-state index in [2.05, 4.69) is 21.3 Å². The summed E-state index contributed by atoms with van der Waals surface area (Å²) in [4.78, 5) is 25.1. The van der Waals surface area contributed by atoms with Gasteiger partial charge in [0, 0.05) is 17.4 Å². The first-order chi connectivity index (χ1) is 16.1. The van der Waals surface area contributed by atoms with Crippen molar-refractivity contribution in [3.63, 3.8) is 0 Å². The Hall–Kier alpha value is -4.90. The van der Waals surface area contributed by atoms with Crippen LogP contribution in [0.25, 0.3) is 16.9 Å². The van der Waals surface area contributed by atoms with E-state index < -0.39 is 11.8 Å². The van der Waals surface area contributed by atoms with Crippen LogP contribution in [0.5, 0.6) is 0 Å². The van der Waals surface area contributed by atoms with Gasteiger partial charge in [0.25, 0.3) is 11.8 Å². The third-order valence-electron chi connectivity index (χ3n) is 4.81. The minimum atomic E-state index is -0.484. The lowest BCUT2D eigenvalue weighted by molar-refractivity contribution is -0.120. The summed E-state index contributed by atoms with van der Waals surface area (Å²) in [5, 5.41) is 16.4. The van der Waals surface area contributed by atoms with Crippen molar-refractivity contribution in [1.29, 1.82) is 5.26 Å². The van der Waals surface area contributed by atoms with Gasteiger partial charge in [0.1, 0.15) is 5.69 Å². The molecule has 0 unspecified atom stereocenters. The van der Waals surface area contributed by atoms with Crippen LogP contribution >= 0.6 is 0 Å². The number of hydrogen-bond donors (Lipinski definition) is 3. The number of nitrogens with one attached hydrogen (secondary N) is 3. The summed E-state index contributed by atoms with van der Waals surface area (Å²) in [6.07, 6.45) is 1.63. The molecule has 0 aliphatic rings. The van der Waals surface area contributed by atoms with Crippen molar-refractivity contribution in [3.8, 4) is 23.0 Å². The number of para-hydroxylation sites is 1. The predicted octanol–water partition coefficient (Wildman–Crippen LogP) is 3.28. The Kier molecular flexibility index (Phi) is 6.43. The monoisotopic (exact) mass is 436 g/mol. The van der Waals surface area contributed by atoms with Gasteiger partial charge in [-0.2, -0.15) is 10.4 Å². The highest BCUT2D eigenvalue weighted by molar-refractivity contribution is 6.00. The fraction of sp³-hybridized carbons (Fsp3) is 0.0400. The first kappa shape index (κ1) is 21.3. The van der Waals surface area contributed by atoms with Crippen LogP contribution in [-0.4, -0.2) is 28.1 Å². The van der Waals surface area contributed by atoms with Crippen molar-refractivity contribution >= 4 is 17.5 Å². The largest absolute Gasteiger partial charge is 0.376 e. The molecule has 8 heteroatoms. The Labute approximate surface area is 190 Å². The molecule has 0 atom stereocenters. The maximum atomic E-state index is 12.9. The third-order valence-corrected chi connectivity index (χ3v) is 4.81. The number of benzene rings is 3. The maximum absolute atomic E-state index is 12.9. The zero-order chi connectivity index (χ0) is 23.0. The van der Waals surface area contributed by atoms with Crippen LogP contribution in [0.4, 0.5) is 5.69 Å². The normalized spacial score (nSPS) is 10.2. The molecule has 3 N–H and O–H groups in total. The van der Waals surface area contributed by atoms with E-state index in [4.69, 9.17) is 5.26 Å². The summed E-state index contributed by atoms with van der Waals surface area (Å²) in [6.45, 7) is -0.0546. The van der Waals surface area contributed by atoms with Gasteiger partial charge in [0.05, 0.1) is 29.4 Å². The lowest BCUT2D eigenvalue weighted by Gasteiger charge is -2.09. The highest BCUT2D eigenvalue weighted by Crippen LogP contribution is 2.23. The Balaban J connectivity index is 1.45. The van der Waals surface area contributed by atoms with Crippen LogP contribution < -0.4 is 16.2 Å². The second-order valence-corrected chi connectivity index (χ2v) is 7.08. The molecule has 162 valence electrons. The molecule has 4 aromatic rings. The van der Waals surface area contributed by atoms with Crippen molar-refractivity contribution in [2.75, 3.05) is 11.9 Å². The average Bonchev–Trinajstić information content (AvgIpc) is 3.33. The summed E-state index contributed by atoms with van der Waals surface area (Å²) in [7, 11) is 0. The van der Waals surface area contributed by atoms with E-state index in [1.165, 1.54) is 0 Å². The standard InChI is InChI=1S/C25H20N6O2/c26-15-18-11-13-20(14-12-18)27-16-23(32)28-29-25(33)22-17-31(21-9-5-2-6-10-21)30-24(22)19-7-3-1-4-8-19/h1-14,17,27H,16H2,(H,28,32)(H,29,33). The van der Waals surface area contributed by atoms with Crippen LogP contribution in [-0.2, 0) is 4.79 Å². The predicted molar refractivity (Wildman–Crippen MR) is 124 cm³/mol. The lowest BCUT2D eigenvalue weighted by atomic mass is 10.1. The van der Waals surface area contributed by atoms with Crippen LogP contribution in [0, 0.1) is 11.3 Å². The van der Waals surface area contributed by atoms with Gasteiger partial charge in [-0.3, -0.25) is 20.4 Å². The highest BCUT2D eigenvalue weighted by atomic mass is 16.2. The molecule has 33 heavy (non-hydrogen) atoms. The summed E-state index contributed by atoms with van der Waals surface area (Å²) in [5.41, 5.74) is 8.50. The molecular weight excluding hydrogens is 416 g/mol. The highest BCUT2D eigenvalue weighted by Gasteiger charge is 2.19. The van der Waals surface area contributed by atoms with Gasteiger partial charge in [-0.1, -0.05) is 48.5 Å². The second kappa shape index (κ2) is 9.94. The average molecular weight is 436 g/mol. The van der Waals surface area contributed by atoms with Crippen LogP contribution in [0.2, 0.25) is 0 Å². The van der Waals surface area contributed by atoms with E-state index in [-0.39, 0.29) is 6.54 Å². The first-order valence-corrected chi connectivity index (χ1v) is 10.2. The molecule has 0 radical (unpaired) electrons. The Morgan fingerprint density at radius 3 is 2.21 bits per heavy atom. The van der Waals surface area contributed by atoms with Crippen molar-refractivity contribution in [2.45, 2.75) is 0 Å². The number of hydrazine groups is 1. The summed E-state index contributed by atoms with van der Waals surface area (Å²) >= 11 is 0. The molecular formula is C25H20N6O2. The molecule has 0 spiro atoms. The Bertz CT molecular complexity index is 1290. The molecule has 1 heterocycles. The quantitative estimate of drug-likeness (QED) is 0.402. The number of aromatic nitrogens is 2. The topological polar surface area (TPSA) is 112 Å². The summed E-state index contributed by atoms with van der Waals surface area (Å²) in [5.74, 6) is -0.910. The molecule has 0 bridgehead atoms. The van der Waals surface area contributed by atoms with Gasteiger partial charge >= 0.3 is 0 Å². The molecule has 8 nitrogen and oxygen atoms in total. The van der Waals surface area contributed by atoms with Crippen LogP contribution in [0.1, 0.15) is 15.9 Å². The number of rotatable bonds is 6. The molecule has 2 amide bonds. The number of nitrogens with zero attached hydrogens (tertiary/aromatic N) is 3. The minimum absolute atomic E-state index is 0.0546. The number of carbonyl (C=O) groups excluding carboxylic acids is 2. The van der Waals surface area contributed by atoms with Gasteiger partial charge in [-0.25, -0.2) is 4.68 Å². The molecule has 0 fully saturated rings. The van der Waals surface area contributed by atoms with E-state index >= 15 is 0 Å². The molecule has 0 saturated heterocycles. The second-order valence-electron chi connectivity index (χ2n) is 7.08. The van der Waals surface area contributed by atoms with E-state index in [0.717, 1.165) is 11.3 Å². The van der Waals surface area contributed by atoms with E-state index in [9.17, 15) is 9.59 Å². The smallest absolute Gasteiger partial charge is 0.273 e. The van der Waals surface area contributed by atoms with E-state index in [1.54, 1.807) is 35.1 Å². The van der Waals surface area contributed by atoms with Gasteiger partial charge in [-0.15, -0.1) is 0 Å². The SMILES string of the molecule is N#Cc1ccc(NCC(=O)NNC(=O)c2cn(-c3ccccc3)nc2-c2ccccc2)cc1. The maximum Gasteiger partial charge on any atom is 0.273 e. The zero-order valence-electron chi connectivity index (χ0n) is 17.5. The zero-order valence-corrected chi connectivity index (χ0v) is 17.5. The molecule has 4 rings (SSSR count). The van der Waals surface area contributed by atoms with Crippen LogP contribution in [0.15, 0.2) is 91.1 Å². The number of amides is 2. The Morgan fingerprint density at radius 2 is 1.55 bits per heavy atom. The first-order valence-electron chi connectivity index (χ1n) is 10.2. The Morgan fingerprint density at radius 1 is 0.879 bits per heavy atom. The van der Waals surface area contributed by atoms with Gasteiger partial charge < -0.3 is 5.32 Å². The summed E-state index contributed by atoms with van der Waals surface area (Å²) < 4.78 is 1.63. The molecule has 3 aromatic carbocycles.